The van der Waals surface area contributed by atoms with Crippen LogP contribution in [0.5, 0.6) is 0 Å². The van der Waals surface area contributed by atoms with Crippen molar-refractivity contribution in [1.82, 2.24) is 10.2 Å². The molecule has 1 fully saturated rings. The molecule has 0 radical (unpaired) electrons. The molecule has 1 N–H and O–H groups in total. The van der Waals surface area contributed by atoms with Crippen LogP contribution in [0.4, 0.5) is 0 Å². The Labute approximate surface area is 97.4 Å². The Balaban J connectivity index is 2.03. The first-order valence-corrected chi connectivity index (χ1v) is 6.58. The molecule has 1 aliphatic heterocycles. The summed E-state index contributed by atoms with van der Waals surface area (Å²) in [6.07, 6.45) is 0. The molecule has 0 spiro atoms. The van der Waals surface area contributed by atoms with Crippen molar-refractivity contribution < 1.29 is 0 Å². The van der Waals surface area contributed by atoms with Crippen LogP contribution in [0.3, 0.4) is 0 Å². The van der Waals surface area contributed by atoms with Crippen molar-refractivity contribution in [2.45, 2.75) is 13.0 Å². The maximum atomic E-state index is 3.51. The van der Waals surface area contributed by atoms with Crippen molar-refractivity contribution in [3.8, 4) is 0 Å². The van der Waals surface area contributed by atoms with Gasteiger partial charge in [0.25, 0.3) is 0 Å². The molecule has 0 unspecified atom stereocenters. The summed E-state index contributed by atoms with van der Waals surface area (Å²) in [6, 6.07) is 4.92. The van der Waals surface area contributed by atoms with E-state index in [-0.39, 0.29) is 0 Å². The monoisotopic (exact) mass is 274 g/mol. The highest BCUT2D eigenvalue weighted by Gasteiger charge is 2.18. The van der Waals surface area contributed by atoms with Crippen molar-refractivity contribution in [2.24, 2.45) is 0 Å². The van der Waals surface area contributed by atoms with Crippen LogP contribution < -0.4 is 5.32 Å². The van der Waals surface area contributed by atoms with E-state index in [9.17, 15) is 0 Å². The highest BCUT2D eigenvalue weighted by Crippen LogP contribution is 2.30. The van der Waals surface area contributed by atoms with E-state index >= 15 is 0 Å². The van der Waals surface area contributed by atoms with Crippen molar-refractivity contribution in [1.29, 1.82) is 0 Å². The zero-order valence-electron chi connectivity index (χ0n) is 8.29. The standard InChI is InChI=1S/C10H15BrN2S/c1-8(9-2-3-10(11)14-9)13-6-4-12-5-7-13/h2-3,8,12H,4-7H2,1H3/t8-/m0/s1. The fourth-order valence-corrected chi connectivity index (χ4v) is 3.31. The third kappa shape index (κ3) is 2.37. The lowest BCUT2D eigenvalue weighted by atomic mass is 10.2. The Morgan fingerprint density at radius 3 is 2.71 bits per heavy atom. The normalized spacial score (nSPS) is 21.0. The zero-order chi connectivity index (χ0) is 9.97. The van der Waals surface area contributed by atoms with E-state index in [1.807, 2.05) is 11.3 Å². The van der Waals surface area contributed by atoms with Crippen LogP contribution in [0, 0.1) is 0 Å². The molecule has 4 heteroatoms. The summed E-state index contributed by atoms with van der Waals surface area (Å²) < 4.78 is 1.23. The number of rotatable bonds is 2. The number of piperazine rings is 1. The lowest BCUT2D eigenvalue weighted by Gasteiger charge is -2.32. The van der Waals surface area contributed by atoms with Gasteiger partial charge in [0, 0.05) is 37.1 Å². The van der Waals surface area contributed by atoms with Crippen LogP contribution in [-0.2, 0) is 0 Å². The Bertz CT molecular complexity index is 294. The number of hydrogen-bond acceptors (Lipinski definition) is 3. The molecule has 0 aliphatic carbocycles. The number of halogens is 1. The maximum absolute atomic E-state index is 3.51. The van der Waals surface area contributed by atoms with Crippen molar-refractivity contribution in [2.75, 3.05) is 26.2 Å². The molecule has 2 nitrogen and oxygen atoms in total. The molecule has 1 aromatic rings. The van der Waals surface area contributed by atoms with Crippen LogP contribution in [0.15, 0.2) is 15.9 Å². The van der Waals surface area contributed by atoms with Gasteiger partial charge in [0.1, 0.15) is 0 Å². The van der Waals surface area contributed by atoms with Gasteiger partial charge in [0.15, 0.2) is 0 Å². The van der Waals surface area contributed by atoms with Crippen molar-refractivity contribution in [3.63, 3.8) is 0 Å². The molecule has 14 heavy (non-hydrogen) atoms. The summed E-state index contributed by atoms with van der Waals surface area (Å²) >= 11 is 5.36. The molecule has 2 rings (SSSR count). The molecule has 1 aromatic heterocycles. The number of nitrogens with one attached hydrogen (secondary N) is 1. The highest BCUT2D eigenvalue weighted by atomic mass is 79.9. The number of hydrogen-bond donors (Lipinski definition) is 1. The molecule has 1 saturated heterocycles. The predicted molar refractivity (Wildman–Crippen MR) is 64.9 cm³/mol. The second-order valence-electron chi connectivity index (χ2n) is 3.60. The van der Waals surface area contributed by atoms with Gasteiger partial charge in [-0.3, -0.25) is 4.90 Å². The Morgan fingerprint density at radius 1 is 1.43 bits per heavy atom. The van der Waals surface area contributed by atoms with Crippen LogP contribution in [0.1, 0.15) is 17.8 Å². The fraction of sp³-hybridized carbons (Fsp3) is 0.600. The molecule has 2 heterocycles. The molecule has 0 saturated carbocycles. The van der Waals surface area contributed by atoms with E-state index < -0.39 is 0 Å². The zero-order valence-corrected chi connectivity index (χ0v) is 10.7. The average Bonchev–Trinajstić information content (AvgIpc) is 2.65. The second-order valence-corrected chi connectivity index (χ2v) is 6.10. The lowest BCUT2D eigenvalue weighted by Crippen LogP contribution is -2.44. The summed E-state index contributed by atoms with van der Waals surface area (Å²) in [6.45, 7) is 6.87. The minimum absolute atomic E-state index is 0.563. The molecule has 0 aromatic carbocycles. The van der Waals surface area contributed by atoms with Gasteiger partial charge >= 0.3 is 0 Å². The summed E-state index contributed by atoms with van der Waals surface area (Å²) in [5.74, 6) is 0. The molecular weight excluding hydrogens is 260 g/mol. The Morgan fingerprint density at radius 2 is 2.14 bits per heavy atom. The predicted octanol–water partition coefficient (Wildman–Crippen LogP) is 2.48. The highest BCUT2D eigenvalue weighted by molar-refractivity contribution is 9.11. The van der Waals surface area contributed by atoms with Crippen LogP contribution >= 0.6 is 27.3 Å². The Hall–Kier alpha value is 0.1000. The summed E-state index contributed by atoms with van der Waals surface area (Å²) in [5, 5.41) is 3.38. The molecule has 78 valence electrons. The summed E-state index contributed by atoms with van der Waals surface area (Å²) in [7, 11) is 0. The lowest BCUT2D eigenvalue weighted by molar-refractivity contribution is 0.188. The molecule has 0 bridgehead atoms. The minimum atomic E-state index is 0.563. The van der Waals surface area contributed by atoms with E-state index in [0.717, 1.165) is 26.2 Å². The molecule has 1 aliphatic rings. The fourth-order valence-electron chi connectivity index (χ4n) is 1.80. The van der Waals surface area contributed by atoms with E-state index in [1.165, 1.54) is 8.66 Å². The topological polar surface area (TPSA) is 15.3 Å². The van der Waals surface area contributed by atoms with Gasteiger partial charge in [-0.2, -0.15) is 0 Å². The molecular formula is C10H15BrN2S. The first-order valence-electron chi connectivity index (χ1n) is 4.97. The third-order valence-corrected chi connectivity index (χ3v) is 4.50. The van der Waals surface area contributed by atoms with Crippen LogP contribution in [0.25, 0.3) is 0 Å². The minimum Gasteiger partial charge on any atom is -0.314 e. The van der Waals surface area contributed by atoms with Crippen molar-refractivity contribution in [3.05, 3.63) is 20.8 Å². The van der Waals surface area contributed by atoms with E-state index in [0.29, 0.717) is 6.04 Å². The summed E-state index contributed by atoms with van der Waals surface area (Å²) in [5.41, 5.74) is 0. The first kappa shape index (κ1) is 10.6. The quantitative estimate of drug-likeness (QED) is 0.892. The van der Waals surface area contributed by atoms with Gasteiger partial charge in [-0.05, 0) is 35.0 Å². The van der Waals surface area contributed by atoms with Gasteiger partial charge in [-0.15, -0.1) is 11.3 Å². The van der Waals surface area contributed by atoms with Gasteiger partial charge < -0.3 is 5.32 Å². The SMILES string of the molecule is C[C@@H](c1ccc(Br)s1)N1CCNCC1. The second kappa shape index (κ2) is 4.75. The largest absolute Gasteiger partial charge is 0.314 e. The number of thiophene rings is 1. The van der Waals surface area contributed by atoms with Gasteiger partial charge in [0.2, 0.25) is 0 Å². The smallest absolute Gasteiger partial charge is 0.0701 e. The van der Waals surface area contributed by atoms with E-state index in [4.69, 9.17) is 0 Å². The Kier molecular flexibility index (Phi) is 3.60. The van der Waals surface area contributed by atoms with E-state index in [1.54, 1.807) is 0 Å². The van der Waals surface area contributed by atoms with Crippen molar-refractivity contribution >= 4 is 27.3 Å². The average molecular weight is 275 g/mol. The summed E-state index contributed by atoms with van der Waals surface area (Å²) in [4.78, 5) is 3.99. The van der Waals surface area contributed by atoms with Crippen LogP contribution in [-0.4, -0.2) is 31.1 Å². The van der Waals surface area contributed by atoms with Crippen LogP contribution in [0.2, 0.25) is 0 Å². The number of nitrogens with zero attached hydrogens (tertiary/aromatic N) is 1. The first-order chi connectivity index (χ1) is 6.77. The van der Waals surface area contributed by atoms with E-state index in [2.05, 4.69) is 45.2 Å². The van der Waals surface area contributed by atoms with Gasteiger partial charge in [-0.1, -0.05) is 0 Å². The maximum Gasteiger partial charge on any atom is 0.0701 e. The third-order valence-electron chi connectivity index (χ3n) is 2.71. The molecule has 0 amide bonds. The van der Waals surface area contributed by atoms with Gasteiger partial charge in [0.05, 0.1) is 3.79 Å². The molecule has 1 atom stereocenters. The van der Waals surface area contributed by atoms with Gasteiger partial charge in [-0.25, -0.2) is 0 Å².